The van der Waals surface area contributed by atoms with E-state index in [9.17, 15) is 0 Å². The van der Waals surface area contributed by atoms with Gasteiger partial charge in [-0.1, -0.05) is 13.0 Å². The number of alkyl halides is 1. The van der Waals surface area contributed by atoms with Gasteiger partial charge >= 0.3 is 0 Å². The molecule has 1 saturated heterocycles. The molecule has 0 amide bonds. The third-order valence-electron chi connectivity index (χ3n) is 4.43. The minimum absolute atomic E-state index is 0.479. The number of imidazole rings is 1. The van der Waals surface area contributed by atoms with Crippen LogP contribution in [0.15, 0.2) is 18.2 Å². The third-order valence-corrected chi connectivity index (χ3v) is 4.67. The van der Waals surface area contributed by atoms with Crippen LogP contribution in [0.5, 0.6) is 0 Å². The van der Waals surface area contributed by atoms with Crippen LogP contribution in [0, 0.1) is 12.8 Å². The summed E-state index contributed by atoms with van der Waals surface area (Å²) in [5, 5.41) is 0. The normalized spacial score (nSPS) is 24.4. The van der Waals surface area contributed by atoms with Crippen LogP contribution in [-0.2, 0) is 5.88 Å². The Bertz CT molecular complexity index is 619. The maximum Gasteiger partial charge on any atom is 0.125 e. The summed E-state index contributed by atoms with van der Waals surface area (Å²) in [4.78, 5) is 7.15. The van der Waals surface area contributed by atoms with E-state index in [1.54, 1.807) is 0 Å². The Morgan fingerprint density at radius 3 is 2.90 bits per heavy atom. The van der Waals surface area contributed by atoms with E-state index in [4.69, 9.17) is 16.6 Å². The van der Waals surface area contributed by atoms with E-state index in [1.165, 1.54) is 17.5 Å². The number of benzene rings is 1. The van der Waals surface area contributed by atoms with Crippen LogP contribution in [-0.4, -0.2) is 34.6 Å². The van der Waals surface area contributed by atoms with Crippen molar-refractivity contribution in [2.45, 2.75) is 32.2 Å². The second-order valence-corrected chi connectivity index (χ2v) is 6.39. The molecular weight excluding hydrogens is 270 g/mol. The van der Waals surface area contributed by atoms with Crippen LogP contribution >= 0.6 is 11.6 Å². The number of rotatable bonds is 2. The van der Waals surface area contributed by atoms with Crippen molar-refractivity contribution in [1.29, 1.82) is 0 Å². The van der Waals surface area contributed by atoms with Crippen molar-refractivity contribution in [1.82, 2.24) is 14.5 Å². The number of hydrogen-bond acceptors (Lipinski definition) is 2. The molecule has 4 heteroatoms. The lowest BCUT2D eigenvalue weighted by molar-refractivity contribution is 0.160. The van der Waals surface area contributed by atoms with Crippen molar-refractivity contribution in [3.8, 4) is 0 Å². The zero-order chi connectivity index (χ0) is 14.3. The van der Waals surface area contributed by atoms with Crippen LogP contribution < -0.4 is 0 Å². The average Bonchev–Trinajstić information content (AvgIpc) is 2.76. The molecule has 1 fully saturated rings. The summed E-state index contributed by atoms with van der Waals surface area (Å²) in [6, 6.07) is 7.02. The molecule has 1 aromatic heterocycles. The summed E-state index contributed by atoms with van der Waals surface area (Å²) in [6.45, 7) is 6.72. The average molecular weight is 292 g/mol. The highest BCUT2D eigenvalue weighted by Crippen LogP contribution is 2.32. The van der Waals surface area contributed by atoms with Gasteiger partial charge < -0.3 is 9.47 Å². The molecule has 2 unspecified atom stereocenters. The first-order valence-corrected chi connectivity index (χ1v) is 7.85. The van der Waals surface area contributed by atoms with Crippen molar-refractivity contribution < 1.29 is 0 Å². The lowest BCUT2D eigenvalue weighted by Gasteiger charge is -2.36. The molecule has 3 nitrogen and oxygen atoms in total. The number of fused-ring (bicyclic) bond motifs is 1. The first-order chi connectivity index (χ1) is 9.60. The molecule has 0 spiro atoms. The quantitative estimate of drug-likeness (QED) is 0.789. The van der Waals surface area contributed by atoms with Crippen LogP contribution in [0.4, 0.5) is 0 Å². The molecule has 0 bridgehead atoms. The maximum atomic E-state index is 6.15. The fourth-order valence-electron chi connectivity index (χ4n) is 3.45. The Kier molecular flexibility index (Phi) is 3.74. The summed E-state index contributed by atoms with van der Waals surface area (Å²) >= 11 is 6.15. The van der Waals surface area contributed by atoms with Crippen LogP contribution in [0.1, 0.15) is 30.8 Å². The van der Waals surface area contributed by atoms with Gasteiger partial charge in [-0.25, -0.2) is 4.98 Å². The van der Waals surface area contributed by atoms with Crippen molar-refractivity contribution >= 4 is 22.6 Å². The third kappa shape index (κ3) is 2.33. The molecule has 1 aromatic carbocycles. The molecule has 2 heterocycles. The summed E-state index contributed by atoms with van der Waals surface area (Å²) in [5.41, 5.74) is 3.55. The Morgan fingerprint density at radius 1 is 1.40 bits per heavy atom. The predicted octanol–water partition coefficient (Wildman–Crippen LogP) is 3.60. The summed E-state index contributed by atoms with van der Waals surface area (Å²) in [6.07, 6.45) is 1.17. The van der Waals surface area contributed by atoms with Crippen molar-refractivity contribution in [2.24, 2.45) is 5.92 Å². The summed E-state index contributed by atoms with van der Waals surface area (Å²) in [7, 11) is 2.20. The molecule has 0 aliphatic carbocycles. The first-order valence-electron chi connectivity index (χ1n) is 7.32. The van der Waals surface area contributed by atoms with Crippen molar-refractivity contribution in [3.63, 3.8) is 0 Å². The lowest BCUT2D eigenvalue weighted by Crippen LogP contribution is -2.38. The molecule has 3 rings (SSSR count). The molecular formula is C16H22ClN3. The molecule has 1 aliphatic rings. The molecule has 0 radical (unpaired) electrons. The zero-order valence-electron chi connectivity index (χ0n) is 12.4. The number of aryl methyl sites for hydroxylation is 1. The standard InChI is InChI=1S/C16H22ClN3/c1-11-4-5-15-13(8-11)18-16(9-17)20(15)14-6-7-19(3)10-12(14)2/h4-5,8,12,14H,6-7,9-10H2,1-3H3. The van der Waals surface area contributed by atoms with Crippen molar-refractivity contribution in [3.05, 3.63) is 29.6 Å². The second kappa shape index (κ2) is 5.38. The highest BCUT2D eigenvalue weighted by Gasteiger charge is 2.28. The Hall–Kier alpha value is -1.06. The van der Waals surface area contributed by atoms with Gasteiger partial charge in [-0.3, -0.25) is 0 Å². The molecule has 20 heavy (non-hydrogen) atoms. The fraction of sp³-hybridized carbons (Fsp3) is 0.562. The van der Waals surface area contributed by atoms with E-state index in [1.807, 2.05) is 0 Å². The SMILES string of the molecule is Cc1ccc2c(c1)nc(CCl)n2C1CCN(C)CC1C. The van der Waals surface area contributed by atoms with Crippen LogP contribution in [0.25, 0.3) is 11.0 Å². The van der Waals surface area contributed by atoms with E-state index in [-0.39, 0.29) is 0 Å². The summed E-state index contributed by atoms with van der Waals surface area (Å²) < 4.78 is 2.39. The van der Waals surface area contributed by atoms with E-state index < -0.39 is 0 Å². The van der Waals surface area contributed by atoms with Gasteiger partial charge in [0.1, 0.15) is 5.82 Å². The largest absolute Gasteiger partial charge is 0.323 e. The molecule has 108 valence electrons. The van der Waals surface area contributed by atoms with E-state index >= 15 is 0 Å². The van der Waals surface area contributed by atoms with E-state index in [0.29, 0.717) is 17.8 Å². The summed E-state index contributed by atoms with van der Waals surface area (Å²) in [5.74, 6) is 2.11. The minimum Gasteiger partial charge on any atom is -0.323 e. The smallest absolute Gasteiger partial charge is 0.125 e. The number of halogens is 1. The Balaban J connectivity index is 2.09. The number of nitrogens with zero attached hydrogens (tertiary/aromatic N) is 3. The van der Waals surface area contributed by atoms with Crippen LogP contribution in [0.2, 0.25) is 0 Å². The number of aromatic nitrogens is 2. The molecule has 0 saturated carbocycles. The lowest BCUT2D eigenvalue weighted by atomic mass is 9.93. The van der Waals surface area contributed by atoms with Gasteiger partial charge in [0.05, 0.1) is 16.9 Å². The monoisotopic (exact) mass is 291 g/mol. The second-order valence-electron chi connectivity index (χ2n) is 6.12. The zero-order valence-corrected chi connectivity index (χ0v) is 13.2. The van der Waals surface area contributed by atoms with Gasteiger partial charge in [0.2, 0.25) is 0 Å². The maximum absolute atomic E-state index is 6.15. The van der Waals surface area contributed by atoms with Gasteiger partial charge in [0.15, 0.2) is 0 Å². The Labute approximate surface area is 125 Å². The van der Waals surface area contributed by atoms with E-state index in [0.717, 1.165) is 24.4 Å². The van der Waals surface area contributed by atoms with Gasteiger partial charge in [-0.2, -0.15) is 0 Å². The van der Waals surface area contributed by atoms with E-state index in [2.05, 4.69) is 48.6 Å². The number of piperidine rings is 1. The minimum atomic E-state index is 0.479. The van der Waals surface area contributed by atoms with Gasteiger partial charge in [0, 0.05) is 12.6 Å². The highest BCUT2D eigenvalue weighted by molar-refractivity contribution is 6.16. The van der Waals surface area contributed by atoms with Gasteiger partial charge in [-0.15, -0.1) is 11.6 Å². The van der Waals surface area contributed by atoms with Gasteiger partial charge in [-0.05, 0) is 50.6 Å². The molecule has 2 aromatic rings. The molecule has 2 atom stereocenters. The number of hydrogen-bond donors (Lipinski definition) is 0. The predicted molar refractivity (Wildman–Crippen MR) is 84.3 cm³/mol. The first kappa shape index (κ1) is 13.9. The number of likely N-dealkylation sites (tertiary alicyclic amines) is 1. The van der Waals surface area contributed by atoms with Gasteiger partial charge in [0.25, 0.3) is 0 Å². The highest BCUT2D eigenvalue weighted by atomic mass is 35.5. The molecule has 1 aliphatic heterocycles. The molecule has 0 N–H and O–H groups in total. The Morgan fingerprint density at radius 2 is 2.20 bits per heavy atom. The fourth-order valence-corrected chi connectivity index (χ4v) is 3.64. The van der Waals surface area contributed by atoms with Crippen molar-refractivity contribution in [2.75, 3.05) is 20.1 Å². The topological polar surface area (TPSA) is 21.1 Å². The van der Waals surface area contributed by atoms with Crippen LogP contribution in [0.3, 0.4) is 0 Å².